The molecule has 0 fully saturated rings. The van der Waals surface area contributed by atoms with E-state index in [0.717, 1.165) is 22.6 Å². The fourth-order valence-electron chi connectivity index (χ4n) is 3.48. The predicted octanol–water partition coefficient (Wildman–Crippen LogP) is 4.37. The highest BCUT2D eigenvalue weighted by molar-refractivity contribution is 7.99. The van der Waals surface area contributed by atoms with Gasteiger partial charge in [0, 0.05) is 6.42 Å². The maximum atomic E-state index is 12.6. The summed E-state index contributed by atoms with van der Waals surface area (Å²) >= 11 is 2.56. The van der Waals surface area contributed by atoms with Crippen LogP contribution in [0.4, 0.5) is 5.00 Å². The summed E-state index contributed by atoms with van der Waals surface area (Å²) in [6.45, 7) is 4.11. The molecule has 2 aromatic heterocycles. The number of rotatable bonds is 8. The number of aryl methyl sites for hydroxylation is 2. The van der Waals surface area contributed by atoms with E-state index in [1.54, 1.807) is 11.4 Å². The molecule has 7 nitrogen and oxygen atoms in total. The Morgan fingerprint density at radius 1 is 1.09 bits per heavy atom. The average Bonchev–Trinajstić information content (AvgIpc) is 3.40. The van der Waals surface area contributed by atoms with E-state index < -0.39 is 5.91 Å². The summed E-state index contributed by atoms with van der Waals surface area (Å²) in [6, 6.07) is 17.9. The van der Waals surface area contributed by atoms with E-state index in [1.165, 1.54) is 28.7 Å². The van der Waals surface area contributed by atoms with Crippen molar-refractivity contribution in [2.75, 3.05) is 11.1 Å². The highest BCUT2D eigenvalue weighted by Gasteiger charge is 2.19. The van der Waals surface area contributed by atoms with Crippen LogP contribution in [0.5, 0.6) is 0 Å². The molecular weight excluding hydrogens is 454 g/mol. The number of carbonyl (C=O) groups is 2. The molecule has 0 atom stereocenters. The minimum Gasteiger partial charge on any atom is -0.366 e. The van der Waals surface area contributed by atoms with Gasteiger partial charge in [-0.15, -0.1) is 21.5 Å². The summed E-state index contributed by atoms with van der Waals surface area (Å²) in [7, 11) is 0. The number of thiophene rings is 1. The van der Waals surface area contributed by atoms with Gasteiger partial charge < -0.3 is 11.1 Å². The van der Waals surface area contributed by atoms with Crippen molar-refractivity contribution in [1.82, 2.24) is 14.8 Å². The fourth-order valence-corrected chi connectivity index (χ4v) is 5.05. The van der Waals surface area contributed by atoms with Crippen LogP contribution in [0.1, 0.15) is 32.9 Å². The van der Waals surface area contributed by atoms with E-state index in [1.807, 2.05) is 22.8 Å². The van der Waals surface area contributed by atoms with Gasteiger partial charge in [0.25, 0.3) is 5.91 Å². The number of carbonyl (C=O) groups excluding carboxylic acids is 2. The van der Waals surface area contributed by atoms with E-state index in [9.17, 15) is 9.59 Å². The van der Waals surface area contributed by atoms with Gasteiger partial charge in [0.15, 0.2) is 5.16 Å². The number of amides is 2. The number of hydrogen-bond donors (Lipinski definition) is 2. The average molecular weight is 478 g/mol. The number of nitrogens with one attached hydrogen (secondary N) is 1. The minimum atomic E-state index is -0.570. The molecule has 168 valence electrons. The summed E-state index contributed by atoms with van der Waals surface area (Å²) in [5.74, 6) is 0.0965. The van der Waals surface area contributed by atoms with Crippen molar-refractivity contribution in [2.24, 2.45) is 5.73 Å². The summed E-state index contributed by atoms with van der Waals surface area (Å²) < 4.78 is 2.01. The first-order valence-corrected chi connectivity index (χ1v) is 12.1. The molecule has 4 rings (SSSR count). The molecule has 3 N–H and O–H groups in total. The Morgan fingerprint density at radius 2 is 1.88 bits per heavy atom. The lowest BCUT2D eigenvalue weighted by Gasteiger charge is -2.13. The summed E-state index contributed by atoms with van der Waals surface area (Å²) in [6.07, 6.45) is 0.616. The molecule has 33 heavy (non-hydrogen) atoms. The summed E-state index contributed by atoms with van der Waals surface area (Å²) in [4.78, 5) is 24.1. The second-order valence-electron chi connectivity index (χ2n) is 7.55. The number of thioether (sulfide) groups is 1. The van der Waals surface area contributed by atoms with Gasteiger partial charge in [-0.2, -0.15) is 0 Å². The Kier molecular flexibility index (Phi) is 6.90. The third-order valence-electron chi connectivity index (χ3n) is 5.01. The SMILES string of the molecule is Cc1ccc(-n2c(Cc3ccccc3)nnc2SCC(=O)Nc2sccc2C(N)=O)c(C)c1. The van der Waals surface area contributed by atoms with Crippen molar-refractivity contribution in [2.45, 2.75) is 25.4 Å². The number of primary amides is 1. The molecule has 0 saturated carbocycles. The molecule has 0 saturated heterocycles. The van der Waals surface area contributed by atoms with Crippen molar-refractivity contribution < 1.29 is 9.59 Å². The Hall–Kier alpha value is -3.43. The second kappa shape index (κ2) is 10.0. The quantitative estimate of drug-likeness (QED) is 0.367. The number of benzene rings is 2. The minimum absolute atomic E-state index is 0.116. The molecule has 0 aliphatic heterocycles. The molecule has 0 aliphatic rings. The zero-order chi connectivity index (χ0) is 23.4. The Balaban J connectivity index is 1.59. The van der Waals surface area contributed by atoms with Gasteiger partial charge >= 0.3 is 0 Å². The second-order valence-corrected chi connectivity index (χ2v) is 9.41. The van der Waals surface area contributed by atoms with Gasteiger partial charge in [-0.1, -0.05) is 59.8 Å². The largest absolute Gasteiger partial charge is 0.366 e. The fraction of sp³-hybridized carbons (Fsp3) is 0.167. The lowest BCUT2D eigenvalue weighted by Crippen LogP contribution is -2.18. The maximum absolute atomic E-state index is 12.6. The van der Waals surface area contributed by atoms with Gasteiger partial charge in [0.05, 0.1) is 17.0 Å². The van der Waals surface area contributed by atoms with Crippen molar-refractivity contribution in [3.8, 4) is 5.69 Å². The molecule has 2 heterocycles. The van der Waals surface area contributed by atoms with E-state index in [4.69, 9.17) is 5.73 Å². The Morgan fingerprint density at radius 3 is 2.61 bits per heavy atom. The van der Waals surface area contributed by atoms with Gasteiger partial charge in [-0.3, -0.25) is 14.2 Å². The van der Waals surface area contributed by atoms with Gasteiger partial charge in [-0.05, 0) is 42.5 Å². The maximum Gasteiger partial charge on any atom is 0.251 e. The van der Waals surface area contributed by atoms with Gasteiger partial charge in [0.1, 0.15) is 10.8 Å². The van der Waals surface area contributed by atoms with Crippen LogP contribution < -0.4 is 11.1 Å². The van der Waals surface area contributed by atoms with Crippen LogP contribution in [0.3, 0.4) is 0 Å². The van der Waals surface area contributed by atoms with Gasteiger partial charge in [0.2, 0.25) is 5.91 Å². The van der Waals surface area contributed by atoms with Gasteiger partial charge in [-0.25, -0.2) is 0 Å². The van der Waals surface area contributed by atoms with Crippen LogP contribution in [0, 0.1) is 13.8 Å². The molecule has 0 aliphatic carbocycles. The first-order chi connectivity index (χ1) is 15.9. The predicted molar refractivity (Wildman–Crippen MR) is 132 cm³/mol. The van der Waals surface area contributed by atoms with Crippen LogP contribution in [0.15, 0.2) is 65.1 Å². The van der Waals surface area contributed by atoms with Crippen molar-refractivity contribution >= 4 is 39.9 Å². The molecular formula is C24H23N5O2S2. The highest BCUT2D eigenvalue weighted by atomic mass is 32.2. The van der Waals surface area contributed by atoms with E-state index in [-0.39, 0.29) is 11.7 Å². The zero-order valence-corrected chi connectivity index (χ0v) is 19.9. The number of anilines is 1. The van der Waals surface area contributed by atoms with Crippen molar-refractivity contribution in [3.63, 3.8) is 0 Å². The Labute approximate surface area is 200 Å². The van der Waals surface area contributed by atoms with Crippen LogP contribution in [-0.2, 0) is 11.2 Å². The number of nitrogens with two attached hydrogens (primary N) is 1. The first kappa shape index (κ1) is 22.8. The standard InChI is InChI=1S/C24H23N5O2S2/c1-15-8-9-19(16(2)12-15)29-20(13-17-6-4-3-5-7-17)27-28-24(29)33-14-21(30)26-23-18(22(25)31)10-11-32-23/h3-12H,13-14H2,1-2H3,(H2,25,31)(H,26,30). The van der Waals surface area contributed by atoms with Crippen LogP contribution in [0.25, 0.3) is 5.69 Å². The molecule has 0 unspecified atom stereocenters. The number of aromatic nitrogens is 3. The van der Waals surface area contributed by atoms with Crippen LogP contribution >= 0.6 is 23.1 Å². The Bertz CT molecular complexity index is 1300. The first-order valence-electron chi connectivity index (χ1n) is 10.3. The lowest BCUT2D eigenvalue weighted by molar-refractivity contribution is -0.113. The smallest absolute Gasteiger partial charge is 0.251 e. The van der Waals surface area contributed by atoms with E-state index in [2.05, 4.69) is 59.7 Å². The van der Waals surface area contributed by atoms with Crippen molar-refractivity contribution in [1.29, 1.82) is 0 Å². The lowest BCUT2D eigenvalue weighted by atomic mass is 10.1. The monoisotopic (exact) mass is 477 g/mol. The van der Waals surface area contributed by atoms with E-state index in [0.29, 0.717) is 22.1 Å². The third-order valence-corrected chi connectivity index (χ3v) is 6.77. The zero-order valence-electron chi connectivity index (χ0n) is 18.2. The normalized spacial score (nSPS) is 10.8. The third kappa shape index (κ3) is 5.32. The summed E-state index contributed by atoms with van der Waals surface area (Å²) in [5.41, 5.74) is 10.0. The molecule has 2 amide bonds. The molecule has 9 heteroatoms. The highest BCUT2D eigenvalue weighted by Crippen LogP contribution is 2.27. The van der Waals surface area contributed by atoms with Crippen LogP contribution in [0.2, 0.25) is 0 Å². The van der Waals surface area contributed by atoms with Crippen molar-refractivity contribution in [3.05, 3.63) is 88.1 Å². The molecule has 0 spiro atoms. The molecule has 0 radical (unpaired) electrons. The topological polar surface area (TPSA) is 103 Å². The number of nitrogens with zero attached hydrogens (tertiary/aromatic N) is 3. The molecule has 4 aromatic rings. The van der Waals surface area contributed by atoms with Crippen LogP contribution in [-0.4, -0.2) is 32.3 Å². The molecule has 2 aromatic carbocycles. The number of hydrogen-bond acceptors (Lipinski definition) is 6. The summed E-state index contributed by atoms with van der Waals surface area (Å²) in [5, 5.41) is 14.4. The van der Waals surface area contributed by atoms with E-state index >= 15 is 0 Å². The molecule has 0 bridgehead atoms.